The van der Waals surface area contributed by atoms with Crippen LogP contribution in [0.3, 0.4) is 0 Å². The predicted octanol–water partition coefficient (Wildman–Crippen LogP) is 1.88. The lowest BCUT2D eigenvalue weighted by molar-refractivity contribution is -0.135. The Morgan fingerprint density at radius 1 is 1.08 bits per heavy atom. The molecule has 0 saturated carbocycles. The molecule has 1 aromatic heterocycles. The summed E-state index contributed by atoms with van der Waals surface area (Å²) in [6.45, 7) is 11.1. The molecule has 1 atom stereocenters. The van der Waals surface area contributed by atoms with Crippen LogP contribution in [0.2, 0.25) is 0 Å². The second-order valence-electron chi connectivity index (χ2n) is 7.52. The average Bonchev–Trinajstić information content (AvgIpc) is 3.11. The number of tetrazole rings is 1. The first-order chi connectivity index (χ1) is 11.9. The Hall–Kier alpha value is -2.44. The van der Waals surface area contributed by atoms with Crippen LogP contribution in [0, 0.1) is 0 Å². The topological polar surface area (TPSA) is 67.2 Å². The molecule has 1 aromatic carbocycles. The first-order valence-electron chi connectivity index (χ1n) is 8.75. The van der Waals surface area contributed by atoms with Crippen molar-refractivity contribution >= 4 is 11.6 Å². The van der Waals surface area contributed by atoms with E-state index in [1.165, 1.54) is 5.69 Å². The number of hydrogen-bond acceptors (Lipinski definition) is 5. The van der Waals surface area contributed by atoms with Gasteiger partial charge in [0, 0.05) is 37.3 Å². The quantitative estimate of drug-likeness (QED) is 0.852. The highest BCUT2D eigenvalue weighted by molar-refractivity contribution is 5.80. The standard InChI is InChI=1S/C18H26N6O/c1-14(24-17(18(2,3)4)19-20-21-24)16(25)23-12-10-22(11-13-23)15-8-6-5-7-9-15/h5-9,14H,10-13H2,1-4H3. The molecule has 1 aliphatic heterocycles. The maximum absolute atomic E-state index is 12.9. The van der Waals surface area contributed by atoms with Crippen LogP contribution in [-0.2, 0) is 10.2 Å². The van der Waals surface area contributed by atoms with Crippen LogP contribution < -0.4 is 4.90 Å². The molecule has 1 aliphatic rings. The number of rotatable bonds is 3. The van der Waals surface area contributed by atoms with Gasteiger partial charge in [-0.1, -0.05) is 39.0 Å². The third-order valence-electron chi connectivity index (χ3n) is 4.60. The number of carbonyl (C=O) groups excluding carboxylic acids is 1. The van der Waals surface area contributed by atoms with Gasteiger partial charge in [-0.05, 0) is 29.5 Å². The molecule has 1 fully saturated rings. The highest BCUT2D eigenvalue weighted by Crippen LogP contribution is 2.23. The Balaban J connectivity index is 1.66. The Bertz CT molecular complexity index is 713. The van der Waals surface area contributed by atoms with Crippen molar-refractivity contribution in [2.45, 2.75) is 39.2 Å². The molecule has 2 aromatic rings. The van der Waals surface area contributed by atoms with Gasteiger partial charge in [0.1, 0.15) is 6.04 Å². The summed E-state index contributed by atoms with van der Waals surface area (Å²) in [5, 5.41) is 11.9. The number of nitrogens with zero attached hydrogens (tertiary/aromatic N) is 6. The zero-order valence-corrected chi connectivity index (χ0v) is 15.4. The van der Waals surface area contributed by atoms with Gasteiger partial charge in [-0.2, -0.15) is 0 Å². The molecule has 7 nitrogen and oxygen atoms in total. The molecular weight excluding hydrogens is 316 g/mol. The maximum Gasteiger partial charge on any atom is 0.247 e. The summed E-state index contributed by atoms with van der Waals surface area (Å²) in [5.41, 5.74) is 1.00. The summed E-state index contributed by atoms with van der Waals surface area (Å²) in [6, 6.07) is 9.92. The summed E-state index contributed by atoms with van der Waals surface area (Å²) in [7, 11) is 0. The number of para-hydroxylation sites is 1. The molecule has 25 heavy (non-hydrogen) atoms. The van der Waals surface area contributed by atoms with Gasteiger partial charge < -0.3 is 9.80 Å². The minimum atomic E-state index is -0.396. The molecule has 0 N–H and O–H groups in total. The van der Waals surface area contributed by atoms with Gasteiger partial charge in [0.15, 0.2) is 5.82 Å². The summed E-state index contributed by atoms with van der Waals surface area (Å²) in [6.07, 6.45) is 0. The van der Waals surface area contributed by atoms with E-state index in [0.717, 1.165) is 18.9 Å². The Morgan fingerprint density at radius 2 is 1.72 bits per heavy atom. The Morgan fingerprint density at radius 3 is 2.32 bits per heavy atom. The highest BCUT2D eigenvalue weighted by atomic mass is 16.2. The van der Waals surface area contributed by atoms with Crippen molar-refractivity contribution in [2.75, 3.05) is 31.1 Å². The zero-order valence-electron chi connectivity index (χ0n) is 15.4. The van der Waals surface area contributed by atoms with Crippen LogP contribution in [0.15, 0.2) is 30.3 Å². The predicted molar refractivity (Wildman–Crippen MR) is 96.5 cm³/mol. The van der Waals surface area contributed by atoms with E-state index >= 15 is 0 Å². The molecule has 0 radical (unpaired) electrons. The van der Waals surface area contributed by atoms with Crippen molar-refractivity contribution in [3.63, 3.8) is 0 Å². The summed E-state index contributed by atoms with van der Waals surface area (Å²) in [5.74, 6) is 0.807. The summed E-state index contributed by atoms with van der Waals surface area (Å²) in [4.78, 5) is 17.1. The summed E-state index contributed by atoms with van der Waals surface area (Å²) < 4.78 is 1.66. The van der Waals surface area contributed by atoms with Crippen molar-refractivity contribution < 1.29 is 4.79 Å². The van der Waals surface area contributed by atoms with E-state index < -0.39 is 6.04 Å². The number of hydrogen-bond donors (Lipinski definition) is 0. The molecule has 0 spiro atoms. The Kier molecular flexibility index (Phi) is 4.74. The lowest BCUT2D eigenvalue weighted by Gasteiger charge is -2.37. The third kappa shape index (κ3) is 3.65. The van der Waals surface area contributed by atoms with E-state index in [2.05, 4.69) is 32.6 Å². The number of anilines is 1. The van der Waals surface area contributed by atoms with Crippen LogP contribution in [0.5, 0.6) is 0 Å². The molecule has 3 rings (SSSR count). The number of carbonyl (C=O) groups is 1. The largest absolute Gasteiger partial charge is 0.368 e. The molecule has 134 valence electrons. The fraction of sp³-hybridized carbons (Fsp3) is 0.556. The van der Waals surface area contributed by atoms with Crippen LogP contribution in [0.4, 0.5) is 5.69 Å². The van der Waals surface area contributed by atoms with E-state index in [-0.39, 0.29) is 11.3 Å². The van der Waals surface area contributed by atoms with Crippen LogP contribution in [0.25, 0.3) is 0 Å². The Labute approximate surface area is 148 Å². The molecular formula is C18H26N6O. The van der Waals surface area contributed by atoms with Crippen LogP contribution in [0.1, 0.15) is 39.6 Å². The van der Waals surface area contributed by atoms with Crippen LogP contribution >= 0.6 is 0 Å². The van der Waals surface area contributed by atoms with E-state index in [1.54, 1.807) is 4.68 Å². The first-order valence-corrected chi connectivity index (χ1v) is 8.75. The smallest absolute Gasteiger partial charge is 0.247 e. The van der Waals surface area contributed by atoms with E-state index in [1.807, 2.05) is 50.8 Å². The third-order valence-corrected chi connectivity index (χ3v) is 4.60. The van der Waals surface area contributed by atoms with Crippen molar-refractivity contribution in [1.82, 2.24) is 25.1 Å². The maximum atomic E-state index is 12.9. The van der Waals surface area contributed by atoms with E-state index in [9.17, 15) is 4.79 Å². The van der Waals surface area contributed by atoms with Crippen molar-refractivity contribution in [3.05, 3.63) is 36.2 Å². The lowest BCUT2D eigenvalue weighted by atomic mass is 9.95. The van der Waals surface area contributed by atoms with Crippen molar-refractivity contribution in [3.8, 4) is 0 Å². The molecule has 1 unspecified atom stereocenters. The monoisotopic (exact) mass is 342 g/mol. The summed E-state index contributed by atoms with van der Waals surface area (Å²) >= 11 is 0. The minimum absolute atomic E-state index is 0.0745. The molecule has 0 aliphatic carbocycles. The van der Waals surface area contributed by atoms with Crippen LogP contribution in [-0.4, -0.2) is 57.2 Å². The van der Waals surface area contributed by atoms with E-state index in [4.69, 9.17) is 0 Å². The van der Waals surface area contributed by atoms with Crippen molar-refractivity contribution in [1.29, 1.82) is 0 Å². The fourth-order valence-corrected chi connectivity index (χ4v) is 3.14. The van der Waals surface area contributed by atoms with Gasteiger partial charge in [0.25, 0.3) is 0 Å². The number of amides is 1. The molecule has 0 bridgehead atoms. The van der Waals surface area contributed by atoms with Gasteiger partial charge in [-0.3, -0.25) is 4.79 Å². The van der Waals surface area contributed by atoms with Gasteiger partial charge in [-0.15, -0.1) is 5.10 Å². The lowest BCUT2D eigenvalue weighted by Crippen LogP contribution is -2.50. The normalized spacial score (nSPS) is 16.8. The number of aromatic nitrogens is 4. The number of piperazine rings is 1. The second kappa shape index (κ2) is 6.82. The van der Waals surface area contributed by atoms with E-state index in [0.29, 0.717) is 13.1 Å². The average molecular weight is 342 g/mol. The molecule has 2 heterocycles. The molecule has 1 saturated heterocycles. The van der Waals surface area contributed by atoms with Gasteiger partial charge in [0.05, 0.1) is 0 Å². The highest BCUT2D eigenvalue weighted by Gasteiger charge is 2.31. The second-order valence-corrected chi connectivity index (χ2v) is 7.52. The molecule has 7 heteroatoms. The van der Waals surface area contributed by atoms with Gasteiger partial charge >= 0.3 is 0 Å². The number of benzene rings is 1. The van der Waals surface area contributed by atoms with Gasteiger partial charge in [-0.25, -0.2) is 4.68 Å². The fourth-order valence-electron chi connectivity index (χ4n) is 3.14. The zero-order chi connectivity index (χ0) is 18.0. The first kappa shape index (κ1) is 17.4. The van der Waals surface area contributed by atoms with Crippen molar-refractivity contribution in [2.24, 2.45) is 0 Å². The molecule has 1 amide bonds. The SMILES string of the molecule is CC(C(=O)N1CCN(c2ccccc2)CC1)n1nnnc1C(C)(C)C. The van der Waals surface area contributed by atoms with Gasteiger partial charge in [0.2, 0.25) is 5.91 Å². The minimum Gasteiger partial charge on any atom is -0.368 e.